The van der Waals surface area contributed by atoms with Crippen molar-refractivity contribution in [2.45, 2.75) is 46.0 Å². The minimum Gasteiger partial charge on any atom is -0.366 e. The van der Waals surface area contributed by atoms with E-state index in [1.807, 2.05) is 13.0 Å². The van der Waals surface area contributed by atoms with Gasteiger partial charge in [-0.1, -0.05) is 38.3 Å². The van der Waals surface area contributed by atoms with Crippen molar-refractivity contribution < 1.29 is 4.79 Å². The second-order valence-corrected chi connectivity index (χ2v) is 4.26. The number of carbonyl (C=O) groups excluding carboxylic acids is 1. The number of carbonyl (C=O) groups is 1. The minimum atomic E-state index is -0.326. The highest BCUT2D eigenvalue weighted by Crippen LogP contribution is 2.16. The van der Waals surface area contributed by atoms with Crippen LogP contribution in [0.3, 0.4) is 0 Å². The summed E-state index contributed by atoms with van der Waals surface area (Å²) >= 11 is 0. The van der Waals surface area contributed by atoms with E-state index < -0.39 is 0 Å². The summed E-state index contributed by atoms with van der Waals surface area (Å²) < 4.78 is 0. The predicted octanol–water partition coefficient (Wildman–Crippen LogP) is 3.22. The Balaban J connectivity index is 2.66. The van der Waals surface area contributed by atoms with Gasteiger partial charge in [-0.3, -0.25) is 4.79 Å². The van der Waals surface area contributed by atoms with E-state index in [4.69, 9.17) is 5.73 Å². The smallest absolute Gasteiger partial charge is 0.248 e. The van der Waals surface area contributed by atoms with E-state index in [2.05, 4.69) is 13.0 Å². The van der Waals surface area contributed by atoms with Gasteiger partial charge in [-0.2, -0.15) is 0 Å². The lowest BCUT2D eigenvalue weighted by molar-refractivity contribution is 0.0999. The summed E-state index contributed by atoms with van der Waals surface area (Å²) in [7, 11) is 0. The quantitative estimate of drug-likeness (QED) is 0.733. The molecule has 0 saturated heterocycles. The van der Waals surface area contributed by atoms with Gasteiger partial charge in [0.1, 0.15) is 0 Å². The number of amides is 1. The molecular weight excluding hydrogens is 198 g/mol. The number of unbranched alkanes of at least 4 members (excludes halogenated alkanes) is 3. The maximum Gasteiger partial charge on any atom is 0.248 e. The molecule has 0 bridgehead atoms. The van der Waals surface area contributed by atoms with E-state index in [1.54, 1.807) is 6.07 Å². The third-order valence-corrected chi connectivity index (χ3v) is 3.01. The van der Waals surface area contributed by atoms with Crippen molar-refractivity contribution in [2.24, 2.45) is 5.73 Å². The molecule has 2 nitrogen and oxygen atoms in total. The molecule has 0 aromatic heterocycles. The van der Waals surface area contributed by atoms with Crippen LogP contribution >= 0.6 is 0 Å². The molecule has 16 heavy (non-hydrogen) atoms. The van der Waals surface area contributed by atoms with Crippen LogP contribution in [0.15, 0.2) is 18.2 Å². The number of hydrogen-bond donors (Lipinski definition) is 1. The molecule has 0 radical (unpaired) electrons. The van der Waals surface area contributed by atoms with Gasteiger partial charge in [0, 0.05) is 5.56 Å². The molecule has 0 aliphatic rings. The van der Waals surface area contributed by atoms with Crippen LogP contribution in [-0.4, -0.2) is 5.91 Å². The van der Waals surface area contributed by atoms with Crippen molar-refractivity contribution in [1.82, 2.24) is 0 Å². The van der Waals surface area contributed by atoms with E-state index >= 15 is 0 Å². The summed E-state index contributed by atoms with van der Waals surface area (Å²) in [5.41, 5.74) is 8.29. The predicted molar refractivity (Wildman–Crippen MR) is 67.5 cm³/mol. The molecule has 0 saturated carbocycles. The Bertz CT molecular complexity index is 358. The largest absolute Gasteiger partial charge is 0.366 e. The summed E-state index contributed by atoms with van der Waals surface area (Å²) in [4.78, 5) is 11.2. The molecule has 1 aromatic carbocycles. The molecule has 0 fully saturated rings. The summed E-state index contributed by atoms with van der Waals surface area (Å²) in [5.74, 6) is -0.326. The Labute approximate surface area is 97.9 Å². The molecule has 0 heterocycles. The van der Waals surface area contributed by atoms with E-state index in [-0.39, 0.29) is 5.91 Å². The fourth-order valence-electron chi connectivity index (χ4n) is 1.96. The Kier molecular flexibility index (Phi) is 5.03. The van der Waals surface area contributed by atoms with E-state index in [0.717, 1.165) is 12.0 Å². The van der Waals surface area contributed by atoms with Crippen LogP contribution in [0.5, 0.6) is 0 Å². The number of rotatable bonds is 6. The number of benzene rings is 1. The van der Waals surface area contributed by atoms with Crippen LogP contribution in [-0.2, 0) is 6.42 Å². The highest BCUT2D eigenvalue weighted by atomic mass is 16.1. The Morgan fingerprint density at radius 1 is 1.25 bits per heavy atom. The van der Waals surface area contributed by atoms with Gasteiger partial charge < -0.3 is 5.73 Å². The Morgan fingerprint density at radius 3 is 2.62 bits per heavy atom. The molecule has 1 aromatic rings. The highest BCUT2D eigenvalue weighted by Gasteiger charge is 2.07. The van der Waals surface area contributed by atoms with E-state index in [0.29, 0.717) is 5.56 Å². The Morgan fingerprint density at radius 2 is 2.00 bits per heavy atom. The molecule has 2 N–H and O–H groups in total. The molecule has 2 heteroatoms. The molecule has 0 unspecified atom stereocenters. The first-order valence-corrected chi connectivity index (χ1v) is 6.05. The van der Waals surface area contributed by atoms with Gasteiger partial charge in [-0.15, -0.1) is 0 Å². The lowest BCUT2D eigenvalue weighted by atomic mass is 9.97. The third-order valence-electron chi connectivity index (χ3n) is 3.01. The van der Waals surface area contributed by atoms with Gasteiger partial charge in [-0.05, 0) is 37.0 Å². The van der Waals surface area contributed by atoms with E-state index in [1.165, 1.54) is 31.2 Å². The monoisotopic (exact) mass is 219 g/mol. The SMILES string of the molecule is CCCCCCc1cccc(C(N)=O)c1C. The van der Waals surface area contributed by atoms with Crippen LogP contribution in [0.4, 0.5) is 0 Å². The fraction of sp³-hybridized carbons (Fsp3) is 0.500. The molecular formula is C14H21NO. The normalized spacial score (nSPS) is 10.4. The number of hydrogen-bond acceptors (Lipinski definition) is 1. The number of nitrogens with two attached hydrogens (primary N) is 1. The van der Waals surface area contributed by atoms with Crippen LogP contribution < -0.4 is 5.73 Å². The van der Waals surface area contributed by atoms with Crippen molar-refractivity contribution in [1.29, 1.82) is 0 Å². The zero-order chi connectivity index (χ0) is 12.0. The van der Waals surface area contributed by atoms with Crippen molar-refractivity contribution in [3.05, 3.63) is 34.9 Å². The zero-order valence-electron chi connectivity index (χ0n) is 10.3. The van der Waals surface area contributed by atoms with Crippen LogP contribution in [0.25, 0.3) is 0 Å². The molecule has 88 valence electrons. The molecule has 0 atom stereocenters. The first-order chi connectivity index (χ1) is 7.66. The van der Waals surface area contributed by atoms with Gasteiger partial charge in [0.15, 0.2) is 0 Å². The average molecular weight is 219 g/mol. The van der Waals surface area contributed by atoms with Gasteiger partial charge in [0.05, 0.1) is 0 Å². The van der Waals surface area contributed by atoms with Crippen LogP contribution in [0.2, 0.25) is 0 Å². The summed E-state index contributed by atoms with van der Waals surface area (Å²) in [5, 5.41) is 0. The molecule has 0 aliphatic carbocycles. The number of primary amides is 1. The van der Waals surface area contributed by atoms with Crippen molar-refractivity contribution >= 4 is 5.91 Å². The third kappa shape index (κ3) is 3.37. The summed E-state index contributed by atoms with van der Waals surface area (Å²) in [6, 6.07) is 5.81. The topological polar surface area (TPSA) is 43.1 Å². The lowest BCUT2D eigenvalue weighted by Crippen LogP contribution is -2.13. The molecule has 0 aliphatic heterocycles. The maximum atomic E-state index is 11.2. The van der Waals surface area contributed by atoms with Crippen LogP contribution in [0.1, 0.15) is 54.1 Å². The second kappa shape index (κ2) is 6.31. The van der Waals surface area contributed by atoms with Gasteiger partial charge >= 0.3 is 0 Å². The van der Waals surface area contributed by atoms with Crippen LogP contribution in [0, 0.1) is 6.92 Å². The second-order valence-electron chi connectivity index (χ2n) is 4.26. The summed E-state index contributed by atoms with van der Waals surface area (Å²) in [6.45, 7) is 4.19. The van der Waals surface area contributed by atoms with Crippen molar-refractivity contribution in [2.75, 3.05) is 0 Å². The maximum absolute atomic E-state index is 11.2. The molecule has 1 rings (SSSR count). The first kappa shape index (κ1) is 12.8. The average Bonchev–Trinajstić information content (AvgIpc) is 2.26. The highest BCUT2D eigenvalue weighted by molar-refractivity contribution is 5.94. The van der Waals surface area contributed by atoms with Gasteiger partial charge in [0.2, 0.25) is 5.91 Å². The standard InChI is InChI=1S/C14H21NO/c1-3-4-5-6-8-12-9-7-10-13(11(12)2)14(15)16/h7,9-10H,3-6,8H2,1-2H3,(H2,15,16). The van der Waals surface area contributed by atoms with E-state index in [9.17, 15) is 4.79 Å². The number of aryl methyl sites for hydroxylation is 1. The molecule has 1 amide bonds. The molecule has 0 spiro atoms. The van der Waals surface area contributed by atoms with Crippen molar-refractivity contribution in [3.8, 4) is 0 Å². The zero-order valence-corrected chi connectivity index (χ0v) is 10.3. The minimum absolute atomic E-state index is 0.326. The van der Waals surface area contributed by atoms with Gasteiger partial charge in [-0.25, -0.2) is 0 Å². The summed E-state index contributed by atoms with van der Waals surface area (Å²) in [6.07, 6.45) is 6.04. The Hall–Kier alpha value is -1.31. The lowest BCUT2D eigenvalue weighted by Gasteiger charge is -2.08. The first-order valence-electron chi connectivity index (χ1n) is 6.05. The van der Waals surface area contributed by atoms with Gasteiger partial charge in [0.25, 0.3) is 0 Å². The van der Waals surface area contributed by atoms with Crippen molar-refractivity contribution in [3.63, 3.8) is 0 Å². The fourth-order valence-corrected chi connectivity index (χ4v) is 1.96.